The molecule has 0 rings (SSSR count). The Morgan fingerprint density at radius 1 is 0.909 bits per heavy atom. The van der Waals surface area contributed by atoms with Gasteiger partial charge in [-0.25, -0.2) is 0 Å². The molecule has 2 unspecified atom stereocenters. The molecule has 0 spiro atoms. The zero-order valence-electron chi connectivity index (χ0n) is 8.69. The van der Waals surface area contributed by atoms with Crippen LogP contribution in [0.3, 0.4) is 0 Å². The van der Waals surface area contributed by atoms with Crippen molar-refractivity contribution in [3.8, 4) is 0 Å². The third kappa shape index (κ3) is 7.14. The van der Waals surface area contributed by atoms with Gasteiger partial charge in [-0.05, 0) is 0 Å². The molecule has 0 heterocycles. The molecule has 11 heavy (non-hydrogen) atoms. The third-order valence-electron chi connectivity index (χ3n) is 2.79. The van der Waals surface area contributed by atoms with Gasteiger partial charge in [0, 0.05) is 0 Å². The van der Waals surface area contributed by atoms with E-state index < -0.39 is 0 Å². The lowest BCUT2D eigenvalue weighted by Crippen LogP contribution is -2.02. The molecule has 0 nitrogen and oxygen atoms in total. The van der Waals surface area contributed by atoms with E-state index in [0.717, 1.165) is 11.8 Å². The average molecular weight is 167 g/mol. The largest absolute Gasteiger partial charge is 0.365 e. The molecule has 0 saturated heterocycles. The van der Waals surface area contributed by atoms with Crippen LogP contribution >= 0.6 is 0 Å². The van der Waals surface area contributed by atoms with E-state index >= 15 is 0 Å². The average Bonchev–Trinajstić information content (AvgIpc) is 2.04. The summed E-state index contributed by atoms with van der Waals surface area (Å²) >= 11 is 0.294. The molecule has 0 aromatic rings. The predicted octanol–water partition coefficient (Wildman–Crippen LogP) is 3.62. The first-order chi connectivity index (χ1) is 5.20. The lowest BCUT2D eigenvalue weighted by molar-refractivity contribution is 0.599. The maximum absolute atomic E-state index is 2.39. The highest BCUT2D eigenvalue weighted by molar-refractivity contribution is 6.35. The second kappa shape index (κ2) is 7.42. The van der Waals surface area contributed by atoms with Crippen molar-refractivity contribution in [2.45, 2.75) is 49.6 Å². The van der Waals surface area contributed by atoms with Crippen molar-refractivity contribution in [3.05, 3.63) is 0 Å². The van der Waals surface area contributed by atoms with E-state index in [-0.39, 0.29) is 0 Å². The Hall–Kier alpha value is 0.766. The minimum absolute atomic E-state index is 0.294. The van der Waals surface area contributed by atoms with Gasteiger partial charge in [0.25, 0.3) is 0 Å². The molecule has 0 aliphatic carbocycles. The Morgan fingerprint density at radius 2 is 1.27 bits per heavy atom. The van der Waals surface area contributed by atoms with Gasteiger partial charge in [0.1, 0.15) is 0 Å². The van der Waals surface area contributed by atoms with Gasteiger partial charge >= 0.3 is 20.4 Å². The van der Waals surface area contributed by atoms with Gasteiger partial charge in [0.2, 0.25) is 0 Å². The molecular formula is C10H22Mg. The first kappa shape index (κ1) is 11.8. The fourth-order valence-electron chi connectivity index (χ4n) is 1.22. The highest BCUT2D eigenvalue weighted by atomic mass is 24.5. The van der Waals surface area contributed by atoms with Gasteiger partial charge < -0.3 is 0 Å². The van der Waals surface area contributed by atoms with Crippen LogP contribution in [0.5, 0.6) is 0 Å². The van der Waals surface area contributed by atoms with Gasteiger partial charge in [-0.15, -0.1) is 9.10 Å². The summed E-state index contributed by atoms with van der Waals surface area (Å²) in [5.41, 5.74) is 0. The van der Waals surface area contributed by atoms with Gasteiger partial charge in [0.15, 0.2) is 0 Å². The number of rotatable bonds is 6. The molecule has 2 atom stereocenters. The van der Waals surface area contributed by atoms with Crippen molar-refractivity contribution in [1.29, 1.82) is 0 Å². The van der Waals surface area contributed by atoms with E-state index in [1.165, 1.54) is 12.8 Å². The summed E-state index contributed by atoms with van der Waals surface area (Å²) in [6.07, 6.45) is 2.76. The SMILES string of the molecule is CCC(C)[CH2][Mg][CH2]C(C)CC. The molecule has 0 amide bonds. The molecule has 0 aromatic heterocycles. The zero-order valence-corrected chi connectivity index (χ0v) is 10.1. The van der Waals surface area contributed by atoms with E-state index in [0.29, 0.717) is 20.4 Å². The van der Waals surface area contributed by atoms with Crippen LogP contribution in [0.1, 0.15) is 40.5 Å². The second-order valence-electron chi connectivity index (χ2n) is 3.96. The summed E-state index contributed by atoms with van der Waals surface area (Å²) in [4.78, 5) is 0. The van der Waals surface area contributed by atoms with E-state index in [9.17, 15) is 0 Å². The quantitative estimate of drug-likeness (QED) is 0.529. The molecule has 1 heteroatoms. The molecule has 0 radical (unpaired) electrons. The fraction of sp³-hybridized carbons (Fsp3) is 1.00. The van der Waals surface area contributed by atoms with E-state index in [1.54, 1.807) is 9.10 Å². The summed E-state index contributed by atoms with van der Waals surface area (Å²) in [6.45, 7) is 9.40. The van der Waals surface area contributed by atoms with Crippen molar-refractivity contribution in [2.24, 2.45) is 11.8 Å². The first-order valence-corrected chi connectivity index (χ1v) is 7.20. The lowest BCUT2D eigenvalue weighted by atomic mass is 10.1. The Labute approximate surface area is 81.9 Å². The van der Waals surface area contributed by atoms with Crippen molar-refractivity contribution in [3.63, 3.8) is 0 Å². The Morgan fingerprint density at radius 3 is 1.55 bits per heavy atom. The summed E-state index contributed by atoms with van der Waals surface area (Å²) < 4.78 is 3.14. The normalized spacial score (nSPS) is 15.6. The highest BCUT2D eigenvalue weighted by Crippen LogP contribution is 2.12. The zero-order chi connectivity index (χ0) is 8.69. The standard InChI is InChI=1S/2C5H11.Mg/c2*1-4-5(2)3;/h2*5H,2,4H2,1,3H3;. The maximum Gasteiger partial charge on any atom is 0.365 e. The fourth-order valence-corrected chi connectivity index (χ4v) is 3.67. The van der Waals surface area contributed by atoms with E-state index in [2.05, 4.69) is 27.7 Å². The van der Waals surface area contributed by atoms with Crippen molar-refractivity contribution >= 4 is 20.4 Å². The molecule has 0 aliphatic heterocycles. The maximum atomic E-state index is 2.39. The van der Waals surface area contributed by atoms with Crippen molar-refractivity contribution in [1.82, 2.24) is 0 Å². The minimum Gasteiger partial charge on any atom is -0.143 e. The smallest absolute Gasteiger partial charge is 0.143 e. The van der Waals surface area contributed by atoms with Crippen LogP contribution in [0.25, 0.3) is 0 Å². The molecule has 0 fully saturated rings. The van der Waals surface area contributed by atoms with Gasteiger partial charge in [-0.1, -0.05) is 52.4 Å². The molecule has 0 N–H and O–H groups in total. The predicted molar refractivity (Wildman–Crippen MR) is 54.3 cm³/mol. The molecular weight excluding hydrogens is 144 g/mol. The topological polar surface area (TPSA) is 0 Å². The van der Waals surface area contributed by atoms with Crippen molar-refractivity contribution in [2.75, 3.05) is 0 Å². The molecule has 0 aliphatic rings. The number of hydrogen-bond donors (Lipinski definition) is 0. The summed E-state index contributed by atoms with van der Waals surface area (Å²) in [5.74, 6) is 2.01. The van der Waals surface area contributed by atoms with Crippen LogP contribution in [0.4, 0.5) is 0 Å². The minimum atomic E-state index is 0.294. The van der Waals surface area contributed by atoms with E-state index in [4.69, 9.17) is 0 Å². The van der Waals surface area contributed by atoms with Crippen LogP contribution < -0.4 is 0 Å². The van der Waals surface area contributed by atoms with Crippen LogP contribution in [0.15, 0.2) is 0 Å². The molecule has 64 valence electrons. The van der Waals surface area contributed by atoms with Crippen LogP contribution in [0.2, 0.25) is 9.10 Å². The number of hydrogen-bond acceptors (Lipinski definition) is 0. The highest BCUT2D eigenvalue weighted by Gasteiger charge is 2.04. The third-order valence-corrected chi connectivity index (χ3v) is 5.58. The Balaban J connectivity index is 3.13. The molecule has 0 saturated carbocycles. The van der Waals surface area contributed by atoms with Crippen molar-refractivity contribution < 1.29 is 0 Å². The second-order valence-corrected chi connectivity index (χ2v) is 5.82. The summed E-state index contributed by atoms with van der Waals surface area (Å²) in [5, 5.41) is 0. The van der Waals surface area contributed by atoms with Gasteiger partial charge in [0.05, 0.1) is 0 Å². The van der Waals surface area contributed by atoms with E-state index in [1.807, 2.05) is 0 Å². The monoisotopic (exact) mass is 166 g/mol. The summed E-state index contributed by atoms with van der Waals surface area (Å²) in [6, 6.07) is 0. The summed E-state index contributed by atoms with van der Waals surface area (Å²) in [7, 11) is 0. The van der Waals surface area contributed by atoms with Gasteiger partial charge in [-0.3, -0.25) is 0 Å². The Bertz CT molecular complexity index is 70.9. The molecule has 0 bridgehead atoms. The van der Waals surface area contributed by atoms with Crippen LogP contribution in [0, 0.1) is 11.8 Å². The first-order valence-electron chi connectivity index (χ1n) is 5.20. The Kier molecular flexibility index (Phi) is 7.93. The lowest BCUT2D eigenvalue weighted by Gasteiger charge is -2.09. The van der Waals surface area contributed by atoms with Crippen LogP contribution in [-0.4, -0.2) is 20.4 Å². The van der Waals surface area contributed by atoms with Gasteiger partial charge in [-0.2, -0.15) is 0 Å². The molecule has 0 aromatic carbocycles. The van der Waals surface area contributed by atoms with Crippen LogP contribution in [-0.2, 0) is 0 Å².